The lowest BCUT2D eigenvalue weighted by atomic mass is 9.98. The highest BCUT2D eigenvalue weighted by atomic mass is 16.7. The Balaban J connectivity index is 2.26. The number of aliphatic hydroxyl groups is 7. The third-order valence-electron chi connectivity index (χ3n) is 16.3. The van der Waals surface area contributed by atoms with E-state index in [1.807, 2.05) is 0 Å². The zero-order valence-electron chi connectivity index (χ0n) is 51.8. The second-order valence-corrected chi connectivity index (χ2v) is 23.9. The molecule has 1 aliphatic heterocycles. The van der Waals surface area contributed by atoms with Crippen molar-refractivity contribution in [3.05, 3.63) is 48.6 Å². The normalized spacial score (nSPS) is 19.5. The number of ether oxygens (including phenoxy) is 2. The zero-order valence-corrected chi connectivity index (χ0v) is 51.8. The van der Waals surface area contributed by atoms with E-state index in [-0.39, 0.29) is 12.8 Å². The van der Waals surface area contributed by atoms with Crippen LogP contribution in [-0.4, -0.2) is 110 Å². The number of carbonyl (C=O) groups excluding carboxylic acids is 1. The first-order chi connectivity index (χ1) is 39.2. The lowest BCUT2D eigenvalue weighted by Gasteiger charge is -2.40. The first-order valence-corrected chi connectivity index (χ1v) is 34.0. The van der Waals surface area contributed by atoms with E-state index in [2.05, 4.69) is 67.8 Å². The van der Waals surface area contributed by atoms with Gasteiger partial charge in [0.2, 0.25) is 5.91 Å². The summed E-state index contributed by atoms with van der Waals surface area (Å²) in [6, 6.07) is -1.20. The van der Waals surface area contributed by atoms with E-state index < -0.39 is 74.2 Å². The van der Waals surface area contributed by atoms with Crippen molar-refractivity contribution in [3.8, 4) is 0 Å². The topological polar surface area (TPSA) is 189 Å². The van der Waals surface area contributed by atoms with Gasteiger partial charge in [-0.3, -0.25) is 4.79 Å². The predicted molar refractivity (Wildman–Crippen MR) is 335 cm³/mol. The quantitative estimate of drug-likeness (QED) is 0.0215. The van der Waals surface area contributed by atoms with Gasteiger partial charge >= 0.3 is 0 Å². The Bertz CT molecular complexity index is 1440. The fourth-order valence-electron chi connectivity index (χ4n) is 10.8. The van der Waals surface area contributed by atoms with Gasteiger partial charge in [-0.05, 0) is 83.5 Å². The summed E-state index contributed by atoms with van der Waals surface area (Å²) in [4.78, 5) is 13.2. The zero-order chi connectivity index (χ0) is 58.2. The van der Waals surface area contributed by atoms with Crippen molar-refractivity contribution in [1.82, 2.24) is 5.32 Å². The largest absolute Gasteiger partial charge is 0.394 e. The van der Waals surface area contributed by atoms with E-state index >= 15 is 0 Å². The minimum atomic E-state index is -1.67. The van der Waals surface area contributed by atoms with Crippen molar-refractivity contribution in [2.45, 2.75) is 371 Å². The summed E-state index contributed by atoms with van der Waals surface area (Å²) in [6.07, 6.45) is 63.3. The van der Waals surface area contributed by atoms with Crippen LogP contribution >= 0.6 is 0 Å². The van der Waals surface area contributed by atoms with Crippen molar-refractivity contribution in [1.29, 1.82) is 0 Å². The molecule has 1 heterocycles. The molecule has 1 aliphatic rings. The Morgan fingerprint density at radius 2 is 0.787 bits per heavy atom. The van der Waals surface area contributed by atoms with Crippen LogP contribution in [0.5, 0.6) is 0 Å². The molecule has 8 N–H and O–H groups in total. The molecular weight excluding hydrogens is 1000 g/mol. The molecule has 0 aromatic rings. The average molecular weight is 1130 g/mol. The fraction of sp³-hybridized carbons (Fsp3) is 0.870. The van der Waals surface area contributed by atoms with Crippen LogP contribution in [0, 0.1) is 0 Å². The number of allylic oxidation sites excluding steroid dienone is 8. The molecule has 1 amide bonds. The summed E-state index contributed by atoms with van der Waals surface area (Å²) in [5.74, 6) is -0.710. The van der Waals surface area contributed by atoms with Gasteiger partial charge in [0.1, 0.15) is 36.6 Å². The predicted octanol–water partition coefficient (Wildman–Crippen LogP) is 16.0. The molecule has 0 aromatic heterocycles. The van der Waals surface area contributed by atoms with Crippen LogP contribution in [-0.2, 0) is 14.3 Å². The minimum absolute atomic E-state index is 0.245. The van der Waals surface area contributed by atoms with Gasteiger partial charge in [0.25, 0.3) is 0 Å². The van der Waals surface area contributed by atoms with E-state index in [4.69, 9.17) is 9.47 Å². The molecular formula is C69H129NO10. The van der Waals surface area contributed by atoms with Crippen LogP contribution in [0.3, 0.4) is 0 Å². The molecule has 1 rings (SSSR count). The first kappa shape index (κ1) is 76.1. The van der Waals surface area contributed by atoms with Crippen LogP contribution in [0.4, 0.5) is 0 Å². The van der Waals surface area contributed by atoms with E-state index in [1.54, 1.807) is 0 Å². The lowest BCUT2D eigenvalue weighted by molar-refractivity contribution is -0.303. The van der Waals surface area contributed by atoms with Gasteiger partial charge in [-0.2, -0.15) is 0 Å². The third-order valence-corrected chi connectivity index (χ3v) is 16.3. The molecule has 80 heavy (non-hydrogen) atoms. The molecule has 0 saturated carbocycles. The Hall–Kier alpha value is -1.93. The maximum absolute atomic E-state index is 13.2. The molecule has 0 bridgehead atoms. The number of nitrogens with one attached hydrogen (secondary N) is 1. The number of amides is 1. The van der Waals surface area contributed by atoms with Gasteiger partial charge in [0, 0.05) is 0 Å². The number of hydrogen-bond acceptors (Lipinski definition) is 10. The van der Waals surface area contributed by atoms with E-state index in [1.165, 1.54) is 218 Å². The van der Waals surface area contributed by atoms with Crippen LogP contribution in [0.25, 0.3) is 0 Å². The highest BCUT2D eigenvalue weighted by Gasteiger charge is 2.44. The fourth-order valence-corrected chi connectivity index (χ4v) is 10.8. The van der Waals surface area contributed by atoms with Crippen LogP contribution in [0.15, 0.2) is 48.6 Å². The maximum Gasteiger partial charge on any atom is 0.249 e. The standard InChI is InChI=1S/C69H129NO10/c1-3-5-7-9-11-13-15-17-19-21-23-25-27-29-31-33-34-36-38-40-42-44-46-48-50-52-54-56-61(72)64(74)60(59-79-69-67(77)66(76)65(75)63(58-71)80-69)70-68(78)62(73)57-55-53-51-49-47-45-43-41-39-37-35-32-30-28-26-24-22-20-18-16-14-12-10-8-6-4-2/h24,26,30,32,40,42,48,50,60-67,69,71-77H,3-23,25,27-29,31,33-39,41,43-47,49,51-59H2,1-2H3,(H,70,78)/b26-24-,32-30-,42-40+,50-48+. The minimum Gasteiger partial charge on any atom is -0.394 e. The Labute approximate surface area is 491 Å². The van der Waals surface area contributed by atoms with E-state index in [0.717, 1.165) is 51.4 Å². The Morgan fingerprint density at radius 3 is 1.19 bits per heavy atom. The molecule has 1 saturated heterocycles. The smallest absolute Gasteiger partial charge is 0.249 e. The molecule has 1 fully saturated rings. The van der Waals surface area contributed by atoms with Crippen molar-refractivity contribution >= 4 is 5.91 Å². The highest BCUT2D eigenvalue weighted by Crippen LogP contribution is 2.24. The molecule has 9 unspecified atom stereocenters. The molecule has 11 heteroatoms. The summed E-state index contributed by atoms with van der Waals surface area (Å²) < 4.78 is 11.2. The van der Waals surface area contributed by atoms with Crippen molar-refractivity contribution < 1.29 is 50.0 Å². The average Bonchev–Trinajstić information content (AvgIpc) is 3.48. The van der Waals surface area contributed by atoms with Gasteiger partial charge in [0.15, 0.2) is 6.29 Å². The molecule has 0 aliphatic carbocycles. The van der Waals surface area contributed by atoms with Gasteiger partial charge in [-0.15, -0.1) is 0 Å². The Kier molecular flexibility index (Phi) is 54.7. The monoisotopic (exact) mass is 1130 g/mol. The molecule has 470 valence electrons. The maximum atomic E-state index is 13.2. The molecule has 0 aromatic carbocycles. The van der Waals surface area contributed by atoms with E-state index in [0.29, 0.717) is 19.3 Å². The van der Waals surface area contributed by atoms with Crippen molar-refractivity contribution in [3.63, 3.8) is 0 Å². The van der Waals surface area contributed by atoms with Gasteiger partial charge in [-0.1, -0.05) is 281 Å². The summed E-state index contributed by atoms with van der Waals surface area (Å²) in [5.41, 5.74) is 0. The van der Waals surface area contributed by atoms with Crippen molar-refractivity contribution in [2.75, 3.05) is 13.2 Å². The molecule has 0 spiro atoms. The van der Waals surface area contributed by atoms with E-state index in [9.17, 15) is 40.5 Å². The summed E-state index contributed by atoms with van der Waals surface area (Å²) in [5, 5.41) is 76.4. The van der Waals surface area contributed by atoms with Gasteiger partial charge < -0.3 is 50.5 Å². The van der Waals surface area contributed by atoms with Crippen LogP contribution < -0.4 is 5.32 Å². The third kappa shape index (κ3) is 44.6. The number of carbonyl (C=O) groups is 1. The Morgan fingerprint density at radius 1 is 0.438 bits per heavy atom. The second kappa shape index (κ2) is 57.5. The van der Waals surface area contributed by atoms with Crippen molar-refractivity contribution in [2.24, 2.45) is 0 Å². The number of hydrogen-bond donors (Lipinski definition) is 8. The number of unbranched alkanes of at least 4 members (excludes halogenated alkanes) is 39. The first-order valence-electron chi connectivity index (χ1n) is 34.0. The second-order valence-electron chi connectivity index (χ2n) is 23.9. The molecule has 9 atom stereocenters. The summed E-state index contributed by atoms with van der Waals surface area (Å²) in [7, 11) is 0. The summed E-state index contributed by atoms with van der Waals surface area (Å²) in [6.45, 7) is 3.48. The summed E-state index contributed by atoms with van der Waals surface area (Å²) >= 11 is 0. The van der Waals surface area contributed by atoms with Gasteiger partial charge in [-0.25, -0.2) is 0 Å². The highest BCUT2D eigenvalue weighted by molar-refractivity contribution is 5.80. The number of aliphatic hydroxyl groups excluding tert-OH is 7. The van der Waals surface area contributed by atoms with Crippen LogP contribution in [0.1, 0.15) is 316 Å². The van der Waals surface area contributed by atoms with Crippen LogP contribution in [0.2, 0.25) is 0 Å². The molecule has 11 nitrogen and oxygen atoms in total. The number of rotatable bonds is 59. The lowest BCUT2D eigenvalue weighted by Crippen LogP contribution is -2.60. The SMILES string of the molecule is CCCCCCCCCCC/C=C\C/C=C\CCCCCCCCCCCCC(O)C(=O)NC(COC1OC(CO)C(O)C(O)C1O)C(O)C(O)CCC/C=C/CC/C=C/CCCCCCCCCCCCCCCCCCCC. The molecule has 0 radical (unpaired) electrons. The van der Waals surface area contributed by atoms with Gasteiger partial charge in [0.05, 0.1) is 25.4 Å².